The first-order chi connectivity index (χ1) is 15.0. The van der Waals surface area contributed by atoms with E-state index in [4.69, 9.17) is 4.74 Å². The Bertz CT molecular complexity index is 1160. The number of para-hydroxylation sites is 1. The zero-order valence-corrected chi connectivity index (χ0v) is 18.6. The van der Waals surface area contributed by atoms with Crippen LogP contribution in [0, 0.1) is 13.8 Å². The molecule has 0 aliphatic carbocycles. The Kier molecular flexibility index (Phi) is 5.05. The number of amides is 1. The molecule has 3 heteroatoms. The van der Waals surface area contributed by atoms with E-state index in [9.17, 15) is 4.79 Å². The molecular formula is C28H29NO2. The van der Waals surface area contributed by atoms with Crippen molar-refractivity contribution in [2.24, 2.45) is 0 Å². The van der Waals surface area contributed by atoms with Crippen molar-refractivity contribution in [2.45, 2.75) is 59.1 Å². The van der Waals surface area contributed by atoms with Gasteiger partial charge in [0.05, 0.1) is 0 Å². The number of aryl methyl sites for hydroxylation is 4. The van der Waals surface area contributed by atoms with E-state index in [2.05, 4.69) is 56.3 Å². The number of nitrogens with zero attached hydrogens (tertiary/aromatic N) is 1. The summed E-state index contributed by atoms with van der Waals surface area (Å²) >= 11 is 0. The van der Waals surface area contributed by atoms with Gasteiger partial charge in [0.2, 0.25) is 0 Å². The highest BCUT2D eigenvalue weighted by Gasteiger charge is 2.37. The lowest BCUT2D eigenvalue weighted by molar-refractivity contribution is 0.0981. The third-order valence-electron chi connectivity index (χ3n) is 6.67. The van der Waals surface area contributed by atoms with Crippen molar-refractivity contribution in [2.75, 3.05) is 4.90 Å². The third kappa shape index (κ3) is 3.63. The number of hydrogen-bond donors (Lipinski definition) is 0. The van der Waals surface area contributed by atoms with Crippen molar-refractivity contribution in [3.8, 4) is 5.75 Å². The minimum atomic E-state index is 0.128. The van der Waals surface area contributed by atoms with Crippen molar-refractivity contribution in [1.29, 1.82) is 0 Å². The molecule has 3 nitrogen and oxygen atoms in total. The Labute approximate surface area is 184 Å². The van der Waals surface area contributed by atoms with Crippen molar-refractivity contribution in [3.05, 3.63) is 93.5 Å². The standard InChI is InChI=1S/C28H29NO2/c1-4-20-11-18(2)12-21(14-20)17-31-27-16-22-9-10-24-15-23-7-5-6-8-26(23)29(24)28(30)25(22)13-19(27)3/h5-8,11-14,16,24H,4,9-10,15,17H2,1-3H3/t24-/m1/s1. The number of benzene rings is 3. The average Bonchev–Trinajstić information content (AvgIpc) is 3.08. The van der Waals surface area contributed by atoms with Crippen LogP contribution in [0.4, 0.5) is 5.69 Å². The first-order valence-electron chi connectivity index (χ1n) is 11.3. The molecule has 3 aromatic rings. The van der Waals surface area contributed by atoms with Gasteiger partial charge in [-0.2, -0.15) is 0 Å². The monoisotopic (exact) mass is 411 g/mol. The quantitative estimate of drug-likeness (QED) is 0.530. The molecule has 0 fully saturated rings. The van der Waals surface area contributed by atoms with Gasteiger partial charge in [-0.25, -0.2) is 0 Å². The van der Waals surface area contributed by atoms with E-state index in [1.165, 1.54) is 22.3 Å². The second-order valence-corrected chi connectivity index (χ2v) is 8.94. The van der Waals surface area contributed by atoms with Gasteiger partial charge in [0, 0.05) is 17.3 Å². The van der Waals surface area contributed by atoms with Crippen LogP contribution in [0.1, 0.15) is 57.1 Å². The smallest absolute Gasteiger partial charge is 0.258 e. The topological polar surface area (TPSA) is 29.5 Å². The van der Waals surface area contributed by atoms with Crippen LogP contribution in [0.25, 0.3) is 0 Å². The molecule has 0 spiro atoms. The van der Waals surface area contributed by atoms with Crippen LogP contribution in [0.5, 0.6) is 5.75 Å². The van der Waals surface area contributed by atoms with Crippen molar-refractivity contribution >= 4 is 11.6 Å². The van der Waals surface area contributed by atoms with Crippen LogP contribution < -0.4 is 9.64 Å². The fraction of sp³-hybridized carbons (Fsp3) is 0.321. The Balaban J connectivity index is 1.42. The molecule has 31 heavy (non-hydrogen) atoms. The molecule has 2 aliphatic rings. The molecule has 3 aromatic carbocycles. The van der Waals surface area contributed by atoms with E-state index >= 15 is 0 Å². The highest BCUT2D eigenvalue weighted by molar-refractivity contribution is 6.09. The summed E-state index contributed by atoms with van der Waals surface area (Å²) in [6.45, 7) is 6.89. The first-order valence-corrected chi connectivity index (χ1v) is 11.3. The van der Waals surface area contributed by atoms with Gasteiger partial charge in [-0.15, -0.1) is 0 Å². The van der Waals surface area contributed by atoms with Gasteiger partial charge in [0.25, 0.3) is 5.91 Å². The maximum absolute atomic E-state index is 13.5. The average molecular weight is 412 g/mol. The van der Waals surface area contributed by atoms with Crippen LogP contribution >= 0.6 is 0 Å². The zero-order valence-electron chi connectivity index (χ0n) is 18.6. The first kappa shape index (κ1) is 19.9. The molecule has 2 aliphatic heterocycles. The SMILES string of the molecule is CCc1cc(C)cc(COc2cc3c(cc2C)C(=O)N2c4ccccc4C[C@H]2CC3)c1. The largest absolute Gasteiger partial charge is 0.489 e. The molecule has 0 saturated carbocycles. The van der Waals surface area contributed by atoms with E-state index in [1.807, 2.05) is 24.0 Å². The summed E-state index contributed by atoms with van der Waals surface area (Å²) in [6, 6.07) is 19.3. The van der Waals surface area contributed by atoms with E-state index in [-0.39, 0.29) is 11.9 Å². The van der Waals surface area contributed by atoms with Gasteiger partial charge in [0.15, 0.2) is 0 Å². The van der Waals surface area contributed by atoms with Crippen molar-refractivity contribution < 1.29 is 9.53 Å². The molecular weight excluding hydrogens is 382 g/mol. The van der Waals surface area contributed by atoms with Crippen molar-refractivity contribution in [1.82, 2.24) is 0 Å². The van der Waals surface area contributed by atoms with Crippen molar-refractivity contribution in [3.63, 3.8) is 0 Å². The number of ether oxygens (including phenoxy) is 1. The summed E-state index contributed by atoms with van der Waals surface area (Å²) in [5, 5.41) is 0. The maximum Gasteiger partial charge on any atom is 0.258 e. The lowest BCUT2D eigenvalue weighted by Gasteiger charge is -2.23. The normalized spacial score (nSPS) is 17.1. The van der Waals surface area contributed by atoms with Crippen LogP contribution in [-0.4, -0.2) is 11.9 Å². The predicted molar refractivity (Wildman–Crippen MR) is 125 cm³/mol. The molecule has 0 aromatic heterocycles. The van der Waals surface area contributed by atoms with Gasteiger partial charge in [-0.05, 0) is 85.5 Å². The summed E-state index contributed by atoms with van der Waals surface area (Å²) < 4.78 is 6.24. The molecule has 158 valence electrons. The highest BCUT2D eigenvalue weighted by atomic mass is 16.5. The number of carbonyl (C=O) groups excluding carboxylic acids is 1. The van der Waals surface area contributed by atoms with Crippen LogP contribution in [0.3, 0.4) is 0 Å². The molecule has 0 bridgehead atoms. The predicted octanol–water partition coefficient (Wildman–Crippen LogP) is 5.96. The highest BCUT2D eigenvalue weighted by Crippen LogP contribution is 2.39. The van der Waals surface area contributed by atoms with Crippen LogP contribution in [-0.2, 0) is 25.9 Å². The molecule has 0 N–H and O–H groups in total. The minimum absolute atomic E-state index is 0.128. The van der Waals surface area contributed by atoms with Crippen LogP contribution in [0.2, 0.25) is 0 Å². The van der Waals surface area contributed by atoms with E-state index in [0.29, 0.717) is 6.61 Å². The summed E-state index contributed by atoms with van der Waals surface area (Å²) in [4.78, 5) is 15.5. The molecule has 0 radical (unpaired) electrons. The Hall–Kier alpha value is -3.07. The fourth-order valence-corrected chi connectivity index (χ4v) is 5.11. The van der Waals surface area contributed by atoms with Gasteiger partial charge >= 0.3 is 0 Å². The lowest BCUT2D eigenvalue weighted by atomic mass is 9.98. The maximum atomic E-state index is 13.5. The summed E-state index contributed by atoms with van der Waals surface area (Å²) in [5.41, 5.74) is 9.11. The molecule has 1 amide bonds. The Morgan fingerprint density at radius 2 is 1.81 bits per heavy atom. The molecule has 0 unspecified atom stereocenters. The lowest BCUT2D eigenvalue weighted by Crippen LogP contribution is -2.36. The minimum Gasteiger partial charge on any atom is -0.489 e. The van der Waals surface area contributed by atoms with Gasteiger partial charge in [0.1, 0.15) is 12.4 Å². The van der Waals surface area contributed by atoms with Gasteiger partial charge in [-0.3, -0.25) is 4.79 Å². The summed E-state index contributed by atoms with van der Waals surface area (Å²) in [6.07, 6.45) is 3.85. The number of anilines is 1. The number of fused-ring (bicyclic) bond motifs is 4. The summed E-state index contributed by atoms with van der Waals surface area (Å²) in [7, 11) is 0. The van der Waals surface area contributed by atoms with Crippen LogP contribution in [0.15, 0.2) is 54.6 Å². The van der Waals surface area contributed by atoms with Gasteiger partial charge < -0.3 is 9.64 Å². The van der Waals surface area contributed by atoms with E-state index in [1.54, 1.807) is 0 Å². The van der Waals surface area contributed by atoms with E-state index in [0.717, 1.165) is 53.8 Å². The fourth-order valence-electron chi connectivity index (χ4n) is 5.11. The zero-order chi connectivity index (χ0) is 21.5. The molecule has 1 atom stereocenters. The Morgan fingerprint density at radius 1 is 1.00 bits per heavy atom. The summed E-state index contributed by atoms with van der Waals surface area (Å²) in [5.74, 6) is 1.01. The third-order valence-corrected chi connectivity index (χ3v) is 6.67. The second kappa shape index (κ2) is 7.88. The number of carbonyl (C=O) groups is 1. The Morgan fingerprint density at radius 3 is 2.65 bits per heavy atom. The molecule has 5 rings (SSSR count). The number of hydrogen-bond acceptors (Lipinski definition) is 2. The molecule has 2 heterocycles. The second-order valence-electron chi connectivity index (χ2n) is 8.94. The van der Waals surface area contributed by atoms with Gasteiger partial charge in [-0.1, -0.05) is 48.9 Å². The number of rotatable bonds is 4. The molecule has 0 saturated heterocycles. The van der Waals surface area contributed by atoms with E-state index < -0.39 is 0 Å².